The molecule has 0 amide bonds. The molecule has 3 N–H and O–H groups in total. The second-order valence-electron chi connectivity index (χ2n) is 12.3. The fraction of sp³-hybridized carbons (Fsp3) is 0.944. The van der Waals surface area contributed by atoms with Crippen molar-refractivity contribution in [1.82, 2.24) is 0 Å². The molecule has 0 fully saturated rings. The van der Waals surface area contributed by atoms with Crippen molar-refractivity contribution in [3.05, 3.63) is 12.2 Å². The van der Waals surface area contributed by atoms with Crippen LogP contribution in [0.2, 0.25) is 0 Å². The summed E-state index contributed by atoms with van der Waals surface area (Å²) in [5.41, 5.74) is 6.11. The fourth-order valence-corrected chi connectivity index (χ4v) is 5.37. The Labute approximate surface area is 246 Å². The number of ether oxygens (including phenoxy) is 1. The van der Waals surface area contributed by atoms with Crippen molar-refractivity contribution in [2.45, 2.75) is 206 Å². The molecule has 0 heterocycles. The molecule has 0 saturated carbocycles. The van der Waals surface area contributed by atoms with Crippen LogP contribution < -0.4 is 5.73 Å². The summed E-state index contributed by atoms with van der Waals surface area (Å²) in [5, 5.41) is 10.2. The average Bonchev–Trinajstić information content (AvgIpc) is 2.94. The Hall–Kier alpha value is -0.380. The van der Waals surface area contributed by atoms with Crippen molar-refractivity contribution in [2.75, 3.05) is 13.2 Å². The maximum absolute atomic E-state index is 10.2. The smallest absolute Gasteiger partial charge is 0.0894 e. The Morgan fingerprint density at radius 1 is 0.513 bits per heavy atom. The number of hydrogen-bond acceptors (Lipinski definition) is 3. The molecule has 3 heteroatoms. The van der Waals surface area contributed by atoms with E-state index < -0.39 is 6.10 Å². The van der Waals surface area contributed by atoms with Crippen LogP contribution in [0.5, 0.6) is 0 Å². The first kappa shape index (κ1) is 38.6. The average molecular weight is 552 g/mol. The third kappa shape index (κ3) is 32.0. The zero-order valence-corrected chi connectivity index (χ0v) is 27.0. The molecule has 0 spiro atoms. The third-order valence-corrected chi connectivity index (χ3v) is 8.20. The summed E-state index contributed by atoms with van der Waals surface area (Å²) in [4.78, 5) is 0. The third-order valence-electron chi connectivity index (χ3n) is 8.20. The summed E-state index contributed by atoms with van der Waals surface area (Å²) < 4.78 is 5.74. The minimum Gasteiger partial charge on any atom is -0.387 e. The van der Waals surface area contributed by atoms with E-state index in [0.717, 1.165) is 19.4 Å². The van der Waals surface area contributed by atoms with Gasteiger partial charge in [-0.1, -0.05) is 187 Å². The van der Waals surface area contributed by atoms with E-state index in [4.69, 9.17) is 10.5 Å². The minimum atomic E-state index is -0.594. The number of nitrogens with two attached hydrogens (primary N) is 1. The van der Waals surface area contributed by atoms with Gasteiger partial charge in [-0.25, -0.2) is 0 Å². The highest BCUT2D eigenvalue weighted by Crippen LogP contribution is 2.14. The number of unbranched alkanes of at least 4 members (excludes halogenated alkanes) is 26. The lowest BCUT2D eigenvalue weighted by Crippen LogP contribution is -2.37. The van der Waals surface area contributed by atoms with Crippen LogP contribution in [0, 0.1) is 0 Å². The van der Waals surface area contributed by atoms with Crippen LogP contribution in [0.15, 0.2) is 12.2 Å². The fourth-order valence-electron chi connectivity index (χ4n) is 5.37. The molecule has 0 aromatic carbocycles. The van der Waals surface area contributed by atoms with Gasteiger partial charge in [-0.15, -0.1) is 0 Å². The van der Waals surface area contributed by atoms with Gasteiger partial charge in [0.05, 0.1) is 18.8 Å². The van der Waals surface area contributed by atoms with Crippen LogP contribution >= 0.6 is 0 Å². The second-order valence-corrected chi connectivity index (χ2v) is 12.3. The van der Waals surface area contributed by atoms with E-state index in [2.05, 4.69) is 19.9 Å². The van der Waals surface area contributed by atoms with Gasteiger partial charge >= 0.3 is 0 Å². The zero-order valence-electron chi connectivity index (χ0n) is 27.0. The van der Waals surface area contributed by atoms with Crippen LogP contribution in [0.1, 0.15) is 194 Å². The van der Waals surface area contributed by atoms with Gasteiger partial charge in [-0.3, -0.25) is 0 Å². The van der Waals surface area contributed by atoms with E-state index in [1.54, 1.807) is 0 Å². The molecule has 234 valence electrons. The number of aliphatic hydroxyl groups is 1. The summed E-state index contributed by atoms with van der Waals surface area (Å²) >= 11 is 0. The van der Waals surface area contributed by atoms with Gasteiger partial charge in [0.1, 0.15) is 0 Å². The molecular formula is C36H73NO2. The molecule has 0 bridgehead atoms. The van der Waals surface area contributed by atoms with Crippen LogP contribution in [0.25, 0.3) is 0 Å². The minimum absolute atomic E-state index is 0.320. The first-order valence-electron chi connectivity index (χ1n) is 17.9. The molecule has 2 unspecified atom stereocenters. The standard InChI is InChI=1S/C36H73NO2/c1-3-5-7-9-11-13-15-17-18-19-21-23-25-27-29-31-33-39-34-35(37)36(38)32-30-28-26-24-22-20-16-14-12-10-8-6-4-2/h30,32,35-36,38H,3-29,31,33-34,37H2,1-2H3. The molecule has 0 rings (SSSR count). The Morgan fingerprint density at radius 2 is 0.846 bits per heavy atom. The predicted molar refractivity (Wildman–Crippen MR) is 175 cm³/mol. The molecule has 2 atom stereocenters. The topological polar surface area (TPSA) is 55.5 Å². The molecule has 0 aliphatic rings. The SMILES string of the molecule is CCCCCCCCCCCCCC=CC(O)C(N)COCCCCCCCCCCCCCCCCCC. The lowest BCUT2D eigenvalue weighted by molar-refractivity contribution is 0.0783. The van der Waals surface area contributed by atoms with Crippen molar-refractivity contribution < 1.29 is 9.84 Å². The van der Waals surface area contributed by atoms with E-state index in [1.165, 1.54) is 167 Å². The van der Waals surface area contributed by atoms with E-state index >= 15 is 0 Å². The van der Waals surface area contributed by atoms with Crippen molar-refractivity contribution in [2.24, 2.45) is 5.73 Å². The van der Waals surface area contributed by atoms with Crippen molar-refractivity contribution >= 4 is 0 Å². The zero-order chi connectivity index (χ0) is 28.5. The highest BCUT2D eigenvalue weighted by molar-refractivity contribution is 4.93. The van der Waals surface area contributed by atoms with Gasteiger partial charge in [0.25, 0.3) is 0 Å². The lowest BCUT2D eigenvalue weighted by atomic mass is 10.0. The maximum atomic E-state index is 10.2. The van der Waals surface area contributed by atoms with E-state index in [-0.39, 0.29) is 6.04 Å². The largest absolute Gasteiger partial charge is 0.387 e. The quantitative estimate of drug-likeness (QED) is 0.0630. The highest BCUT2D eigenvalue weighted by atomic mass is 16.5. The molecule has 3 nitrogen and oxygen atoms in total. The van der Waals surface area contributed by atoms with Gasteiger partial charge in [0, 0.05) is 6.61 Å². The van der Waals surface area contributed by atoms with Crippen molar-refractivity contribution in [1.29, 1.82) is 0 Å². The van der Waals surface area contributed by atoms with E-state index in [9.17, 15) is 5.11 Å². The summed E-state index contributed by atoms with van der Waals surface area (Å²) in [6.07, 6.45) is 41.6. The van der Waals surface area contributed by atoms with Crippen molar-refractivity contribution in [3.63, 3.8) is 0 Å². The monoisotopic (exact) mass is 552 g/mol. The molecule has 0 aliphatic heterocycles. The molecule has 0 aromatic heterocycles. The van der Waals surface area contributed by atoms with Gasteiger partial charge in [-0.2, -0.15) is 0 Å². The van der Waals surface area contributed by atoms with Gasteiger partial charge in [-0.05, 0) is 19.3 Å². The molecule has 0 aromatic rings. The van der Waals surface area contributed by atoms with Crippen LogP contribution in [0.3, 0.4) is 0 Å². The Bertz CT molecular complexity index is 467. The van der Waals surface area contributed by atoms with Crippen molar-refractivity contribution in [3.8, 4) is 0 Å². The first-order valence-corrected chi connectivity index (χ1v) is 17.9. The van der Waals surface area contributed by atoms with Crippen LogP contribution in [-0.4, -0.2) is 30.5 Å². The highest BCUT2D eigenvalue weighted by Gasteiger charge is 2.11. The first-order chi connectivity index (χ1) is 19.2. The summed E-state index contributed by atoms with van der Waals surface area (Å²) in [7, 11) is 0. The predicted octanol–water partition coefficient (Wildman–Crippen LogP) is 11.2. The summed E-state index contributed by atoms with van der Waals surface area (Å²) in [5.74, 6) is 0. The van der Waals surface area contributed by atoms with Gasteiger partial charge in [0.2, 0.25) is 0 Å². The number of rotatable bonds is 33. The number of hydrogen-bond donors (Lipinski definition) is 2. The molecule has 0 aliphatic carbocycles. The molecule has 0 radical (unpaired) electrons. The van der Waals surface area contributed by atoms with Crippen LogP contribution in [-0.2, 0) is 4.74 Å². The number of allylic oxidation sites excluding steroid dienone is 1. The molecule has 39 heavy (non-hydrogen) atoms. The van der Waals surface area contributed by atoms with Gasteiger partial charge in [0.15, 0.2) is 0 Å². The second kappa shape index (κ2) is 33.8. The summed E-state index contributed by atoms with van der Waals surface area (Å²) in [6.45, 7) is 5.78. The molecular weight excluding hydrogens is 478 g/mol. The van der Waals surface area contributed by atoms with Crippen LogP contribution in [0.4, 0.5) is 0 Å². The maximum Gasteiger partial charge on any atom is 0.0894 e. The van der Waals surface area contributed by atoms with E-state index in [1.807, 2.05) is 6.08 Å². The Balaban J connectivity index is 3.32. The Morgan fingerprint density at radius 3 is 1.23 bits per heavy atom. The number of aliphatic hydroxyl groups excluding tert-OH is 1. The molecule has 0 saturated heterocycles. The van der Waals surface area contributed by atoms with E-state index in [0.29, 0.717) is 6.61 Å². The lowest BCUT2D eigenvalue weighted by Gasteiger charge is -2.15. The normalized spacial score (nSPS) is 13.4. The summed E-state index contributed by atoms with van der Waals surface area (Å²) in [6, 6.07) is -0.320. The Kier molecular flexibility index (Phi) is 33.5. The van der Waals surface area contributed by atoms with Gasteiger partial charge < -0.3 is 15.6 Å².